The second-order valence-electron chi connectivity index (χ2n) is 6.91. The van der Waals surface area contributed by atoms with Crippen LogP contribution >= 0.6 is 23.2 Å². The first kappa shape index (κ1) is 22.4. The van der Waals surface area contributed by atoms with Gasteiger partial charge >= 0.3 is 0 Å². The summed E-state index contributed by atoms with van der Waals surface area (Å²) in [5.41, 5.74) is 1.19. The molecular weight excluding hydrogens is 470 g/mol. The van der Waals surface area contributed by atoms with Crippen LogP contribution in [-0.2, 0) is 0 Å². The average molecular weight is 485 g/mol. The van der Waals surface area contributed by atoms with Crippen molar-refractivity contribution in [2.75, 3.05) is 0 Å². The molecule has 0 saturated heterocycles. The van der Waals surface area contributed by atoms with Gasteiger partial charge in [0.1, 0.15) is 23.1 Å². The summed E-state index contributed by atoms with van der Waals surface area (Å²) in [7, 11) is 0. The summed E-state index contributed by atoms with van der Waals surface area (Å²) in [4.78, 5) is 13.0. The number of hydrogen-bond donors (Lipinski definition) is 2. The smallest absolute Gasteiger partial charge is 0.269 e. The van der Waals surface area contributed by atoms with E-state index in [0.717, 1.165) is 5.52 Å². The molecule has 0 fully saturated rings. The van der Waals surface area contributed by atoms with Crippen LogP contribution in [0.5, 0.6) is 17.2 Å². The van der Waals surface area contributed by atoms with Crippen LogP contribution in [0.2, 0.25) is 10.0 Å². The van der Waals surface area contributed by atoms with E-state index in [1.165, 1.54) is 30.3 Å². The third kappa shape index (κ3) is 4.84. The zero-order valence-corrected chi connectivity index (χ0v) is 18.3. The third-order valence-corrected chi connectivity index (χ3v) is 5.28. The minimum atomic E-state index is -0.473. The monoisotopic (exact) mass is 484 g/mol. The molecule has 0 spiro atoms. The predicted molar refractivity (Wildman–Crippen MR) is 127 cm³/mol. The number of non-ortho nitro benzene ring substituents is 1. The van der Waals surface area contributed by atoms with Gasteiger partial charge in [0.05, 0.1) is 21.0 Å². The zero-order valence-electron chi connectivity index (χ0n) is 16.8. The molecule has 0 radical (unpaired) electrons. The maximum Gasteiger partial charge on any atom is 0.269 e. The molecule has 1 aromatic heterocycles. The molecule has 0 amide bonds. The third-order valence-electron chi connectivity index (χ3n) is 4.75. The topological polar surface area (TPSA) is 88.4 Å². The molecule has 166 valence electrons. The molecule has 0 saturated carbocycles. The van der Waals surface area contributed by atoms with Crippen LogP contribution < -0.4 is 4.74 Å². The van der Waals surface area contributed by atoms with Crippen LogP contribution in [0.25, 0.3) is 21.8 Å². The number of halogens is 3. The van der Waals surface area contributed by atoms with Crippen LogP contribution in [0.4, 0.5) is 10.1 Å². The quantitative estimate of drug-likeness (QED) is 0.201. The van der Waals surface area contributed by atoms with Gasteiger partial charge in [-0.2, -0.15) is 0 Å². The number of nitro benzene ring substituents is 1. The van der Waals surface area contributed by atoms with Gasteiger partial charge in [-0.3, -0.25) is 10.1 Å². The summed E-state index contributed by atoms with van der Waals surface area (Å²) < 4.78 is 18.9. The van der Waals surface area contributed by atoms with Crippen molar-refractivity contribution < 1.29 is 19.2 Å². The van der Waals surface area contributed by atoms with E-state index in [2.05, 4.69) is 4.98 Å². The number of ether oxygens (including phenoxy) is 1. The summed E-state index contributed by atoms with van der Waals surface area (Å²) in [6, 6.07) is 20.5. The van der Waals surface area contributed by atoms with Crippen molar-refractivity contribution in [3.8, 4) is 17.2 Å². The van der Waals surface area contributed by atoms with Gasteiger partial charge in [0, 0.05) is 27.9 Å². The number of fused-ring (bicyclic) bond motifs is 3. The van der Waals surface area contributed by atoms with Crippen molar-refractivity contribution in [3.63, 3.8) is 0 Å². The van der Waals surface area contributed by atoms with Gasteiger partial charge in [0.2, 0.25) is 0 Å². The summed E-state index contributed by atoms with van der Waals surface area (Å²) >= 11 is 11.7. The van der Waals surface area contributed by atoms with Gasteiger partial charge in [0.25, 0.3) is 5.69 Å². The number of hydrogen-bond acceptors (Lipinski definition) is 4. The summed E-state index contributed by atoms with van der Waals surface area (Å²) in [5.74, 6) is 0.771. The lowest BCUT2D eigenvalue weighted by Gasteiger charge is -2.07. The molecule has 0 atom stereocenters. The highest BCUT2D eigenvalue weighted by Gasteiger charge is 2.10. The van der Waals surface area contributed by atoms with Crippen LogP contribution in [0, 0.1) is 15.9 Å². The van der Waals surface area contributed by atoms with Gasteiger partial charge in [0.15, 0.2) is 0 Å². The highest BCUT2D eigenvalue weighted by Crippen LogP contribution is 2.33. The number of phenolic OH excluding ortho intramolecular Hbond substituents is 1. The van der Waals surface area contributed by atoms with E-state index >= 15 is 0 Å². The number of rotatable bonds is 3. The molecule has 6 nitrogen and oxygen atoms in total. The molecule has 5 aromatic rings. The average Bonchev–Trinajstić information content (AvgIpc) is 3.18. The molecule has 0 unspecified atom stereocenters. The van der Waals surface area contributed by atoms with Crippen molar-refractivity contribution in [1.82, 2.24) is 4.98 Å². The number of aromatic amines is 1. The Morgan fingerprint density at radius 2 is 1.70 bits per heavy atom. The fourth-order valence-corrected chi connectivity index (χ4v) is 3.69. The molecule has 33 heavy (non-hydrogen) atoms. The zero-order chi connectivity index (χ0) is 23.5. The molecule has 4 aromatic carbocycles. The van der Waals surface area contributed by atoms with Crippen molar-refractivity contribution >= 4 is 50.7 Å². The first-order valence-corrected chi connectivity index (χ1v) is 10.3. The van der Waals surface area contributed by atoms with Crippen molar-refractivity contribution in [3.05, 3.63) is 105 Å². The Balaban J connectivity index is 0.000000159. The number of nitro groups is 1. The molecule has 2 N–H and O–H groups in total. The molecule has 0 bridgehead atoms. The highest BCUT2D eigenvalue weighted by atomic mass is 35.5. The van der Waals surface area contributed by atoms with E-state index < -0.39 is 4.92 Å². The standard InChI is InChI=1S/C12H7Cl2NO3.C12H8FNO/c13-8-1-6-12(11(14)7-8)18-10-4-2-9(3-5-10)15(16)17;13-8-4-1-3-7-11-9(14-12(7)8)5-2-6-10(11)15/h1-7H;1-6,14-15H. The van der Waals surface area contributed by atoms with Gasteiger partial charge in [-0.25, -0.2) is 4.39 Å². The minimum absolute atomic E-state index is 0.00422. The number of aromatic nitrogens is 1. The molecule has 9 heteroatoms. The molecule has 5 rings (SSSR count). The van der Waals surface area contributed by atoms with Crippen LogP contribution in [0.1, 0.15) is 0 Å². The van der Waals surface area contributed by atoms with Gasteiger partial charge in [-0.15, -0.1) is 0 Å². The predicted octanol–water partition coefficient (Wildman–Crippen LogP) is 7.86. The van der Waals surface area contributed by atoms with Crippen LogP contribution in [0.15, 0.2) is 78.9 Å². The van der Waals surface area contributed by atoms with E-state index in [4.69, 9.17) is 27.9 Å². The van der Waals surface area contributed by atoms with Crippen molar-refractivity contribution in [2.24, 2.45) is 0 Å². The van der Waals surface area contributed by atoms with E-state index in [1.54, 1.807) is 42.5 Å². The van der Waals surface area contributed by atoms with Crippen molar-refractivity contribution in [1.29, 1.82) is 0 Å². The van der Waals surface area contributed by atoms with Gasteiger partial charge in [-0.05, 0) is 48.5 Å². The number of nitrogens with one attached hydrogen (secondary N) is 1. The first-order chi connectivity index (χ1) is 15.8. The lowest BCUT2D eigenvalue weighted by atomic mass is 10.1. The molecule has 0 aliphatic rings. The van der Waals surface area contributed by atoms with Crippen LogP contribution in [-0.4, -0.2) is 15.0 Å². The van der Waals surface area contributed by atoms with E-state index in [1.807, 2.05) is 6.07 Å². The first-order valence-electron chi connectivity index (χ1n) is 9.58. The minimum Gasteiger partial charge on any atom is -0.507 e. The van der Waals surface area contributed by atoms with E-state index in [9.17, 15) is 19.6 Å². The highest BCUT2D eigenvalue weighted by molar-refractivity contribution is 6.35. The summed E-state index contributed by atoms with van der Waals surface area (Å²) in [6.45, 7) is 0. The van der Waals surface area contributed by atoms with Gasteiger partial charge < -0.3 is 14.8 Å². The Hall–Kier alpha value is -3.81. The fraction of sp³-hybridized carbons (Fsp3) is 0. The Kier molecular flexibility index (Phi) is 6.35. The van der Waals surface area contributed by atoms with E-state index in [0.29, 0.717) is 37.8 Å². The Labute approximate surface area is 196 Å². The number of para-hydroxylation sites is 1. The lowest BCUT2D eigenvalue weighted by Crippen LogP contribution is -1.88. The Morgan fingerprint density at radius 3 is 2.39 bits per heavy atom. The number of aromatic hydroxyl groups is 1. The molecule has 0 aliphatic heterocycles. The second-order valence-corrected chi connectivity index (χ2v) is 7.76. The van der Waals surface area contributed by atoms with E-state index in [-0.39, 0.29) is 17.3 Å². The Bertz CT molecular complexity index is 1470. The number of nitrogens with zero attached hydrogens (tertiary/aromatic N) is 1. The summed E-state index contributed by atoms with van der Waals surface area (Å²) in [5, 5.41) is 22.5. The summed E-state index contributed by atoms with van der Waals surface area (Å²) in [6.07, 6.45) is 0. The Morgan fingerprint density at radius 1 is 0.970 bits per heavy atom. The lowest BCUT2D eigenvalue weighted by molar-refractivity contribution is -0.384. The number of benzene rings is 4. The maximum atomic E-state index is 13.4. The van der Waals surface area contributed by atoms with Crippen molar-refractivity contribution in [2.45, 2.75) is 0 Å². The normalized spacial score (nSPS) is 10.6. The van der Waals surface area contributed by atoms with Crippen LogP contribution in [0.3, 0.4) is 0 Å². The number of phenols is 1. The maximum absolute atomic E-state index is 13.4. The largest absolute Gasteiger partial charge is 0.507 e. The molecule has 0 aliphatic carbocycles. The SMILES string of the molecule is O=[N+]([O-])c1ccc(Oc2ccc(Cl)cc2Cl)cc1.Oc1cccc2[nH]c3c(F)cccc3c12. The van der Waals surface area contributed by atoms with Gasteiger partial charge in [-0.1, -0.05) is 41.4 Å². The number of H-pyrrole nitrogens is 1. The molecule has 1 heterocycles. The fourth-order valence-electron chi connectivity index (χ4n) is 3.24. The second kappa shape index (κ2) is 9.36. The molecular formula is C24H15Cl2FN2O4.